The zero-order chi connectivity index (χ0) is 19.1. The van der Waals surface area contributed by atoms with Crippen LogP contribution in [0.1, 0.15) is 29.5 Å². The second kappa shape index (κ2) is 7.00. The topological polar surface area (TPSA) is 32.7 Å². The Morgan fingerprint density at radius 3 is 2.36 bits per heavy atom. The Morgan fingerprint density at radius 1 is 0.929 bits per heavy atom. The first-order chi connectivity index (χ1) is 13.6. The Balaban J connectivity index is 1.51. The maximum atomic E-state index is 11.9. The van der Waals surface area contributed by atoms with E-state index in [9.17, 15) is 5.11 Å². The first-order valence-electron chi connectivity index (χ1n) is 10.2. The fourth-order valence-electron chi connectivity index (χ4n) is 5.30. The molecule has 3 nitrogen and oxygen atoms in total. The summed E-state index contributed by atoms with van der Waals surface area (Å²) >= 11 is 0. The molecule has 2 fully saturated rings. The normalized spacial score (nSPS) is 27.8. The molecule has 2 atom stereocenters. The largest absolute Gasteiger partial charge is 0.385 e. The predicted octanol–water partition coefficient (Wildman–Crippen LogP) is 4.40. The number of nitrogens with zero attached hydrogens (tertiary/aromatic N) is 1. The van der Waals surface area contributed by atoms with Crippen molar-refractivity contribution in [3.8, 4) is 0 Å². The lowest BCUT2D eigenvalue weighted by atomic mass is 9.74. The highest BCUT2D eigenvalue weighted by atomic mass is 16.5. The van der Waals surface area contributed by atoms with Gasteiger partial charge in [-0.15, -0.1) is 0 Å². The van der Waals surface area contributed by atoms with E-state index in [1.54, 1.807) is 0 Å². The number of rotatable bonds is 3. The highest BCUT2D eigenvalue weighted by Gasteiger charge is 2.47. The summed E-state index contributed by atoms with van der Waals surface area (Å²) in [6.07, 6.45) is 1.43. The van der Waals surface area contributed by atoms with Crippen LogP contribution in [-0.2, 0) is 16.9 Å². The number of hydrogen-bond acceptors (Lipinski definition) is 3. The van der Waals surface area contributed by atoms with E-state index in [0.717, 1.165) is 12.1 Å². The molecule has 3 aromatic rings. The van der Waals surface area contributed by atoms with Gasteiger partial charge in [-0.1, -0.05) is 66.7 Å². The summed E-state index contributed by atoms with van der Waals surface area (Å²) in [5.74, 6) is 0. The Kier molecular flexibility index (Phi) is 4.47. The molecule has 5 rings (SSSR count). The lowest BCUT2D eigenvalue weighted by Crippen LogP contribution is -2.60. The van der Waals surface area contributed by atoms with E-state index in [-0.39, 0.29) is 12.1 Å². The summed E-state index contributed by atoms with van der Waals surface area (Å²) in [5.41, 5.74) is 2.81. The minimum absolute atomic E-state index is 0.232. The van der Waals surface area contributed by atoms with Crippen LogP contribution in [0.25, 0.3) is 10.8 Å². The molecule has 2 saturated heterocycles. The van der Waals surface area contributed by atoms with Gasteiger partial charge >= 0.3 is 0 Å². The first kappa shape index (κ1) is 17.9. The van der Waals surface area contributed by atoms with Gasteiger partial charge in [0.15, 0.2) is 0 Å². The summed E-state index contributed by atoms with van der Waals surface area (Å²) < 4.78 is 5.90. The summed E-state index contributed by atoms with van der Waals surface area (Å²) in [4.78, 5) is 2.55. The summed E-state index contributed by atoms with van der Waals surface area (Å²) in [6.45, 7) is 4.43. The van der Waals surface area contributed by atoms with Gasteiger partial charge < -0.3 is 9.84 Å². The van der Waals surface area contributed by atoms with Crippen LogP contribution in [0.2, 0.25) is 0 Å². The summed E-state index contributed by atoms with van der Waals surface area (Å²) in [6, 6.07) is 23.8. The molecule has 3 heteroatoms. The van der Waals surface area contributed by atoms with Gasteiger partial charge in [0.1, 0.15) is 0 Å². The van der Waals surface area contributed by atoms with Gasteiger partial charge in [-0.05, 0) is 47.2 Å². The van der Waals surface area contributed by atoms with E-state index in [2.05, 4.69) is 78.6 Å². The van der Waals surface area contributed by atoms with Crippen LogP contribution in [0, 0.1) is 6.92 Å². The maximum Gasteiger partial charge on any atom is 0.0936 e. The zero-order valence-corrected chi connectivity index (χ0v) is 16.3. The highest BCUT2D eigenvalue weighted by molar-refractivity contribution is 5.87. The van der Waals surface area contributed by atoms with E-state index >= 15 is 0 Å². The number of aliphatic hydroxyl groups is 1. The third-order valence-electron chi connectivity index (χ3n) is 6.52. The second-order valence-corrected chi connectivity index (χ2v) is 8.42. The minimum atomic E-state index is -0.808. The third-order valence-corrected chi connectivity index (χ3v) is 6.52. The second-order valence-electron chi connectivity index (χ2n) is 8.42. The predicted molar refractivity (Wildman–Crippen MR) is 112 cm³/mol. The maximum absolute atomic E-state index is 11.9. The molecule has 0 spiro atoms. The first-order valence-corrected chi connectivity index (χ1v) is 10.2. The molecular formula is C25H27NO2. The van der Waals surface area contributed by atoms with E-state index < -0.39 is 5.60 Å². The van der Waals surface area contributed by atoms with E-state index in [1.807, 2.05) is 0 Å². The van der Waals surface area contributed by atoms with Crippen molar-refractivity contribution in [1.29, 1.82) is 0 Å². The molecule has 0 radical (unpaired) electrons. The summed E-state index contributed by atoms with van der Waals surface area (Å²) in [5, 5.41) is 14.3. The van der Waals surface area contributed by atoms with Crippen molar-refractivity contribution in [1.82, 2.24) is 4.90 Å². The van der Waals surface area contributed by atoms with E-state index in [0.29, 0.717) is 26.1 Å². The van der Waals surface area contributed by atoms with Gasteiger partial charge in [-0.25, -0.2) is 0 Å². The SMILES string of the molecule is Cc1ccc2ccccc2c1C1(O)CC2COCC(C1)N2Cc1ccccc1. The molecule has 0 saturated carbocycles. The van der Waals surface area contributed by atoms with Crippen LogP contribution in [0.4, 0.5) is 0 Å². The van der Waals surface area contributed by atoms with Gasteiger partial charge in [-0.3, -0.25) is 4.90 Å². The van der Waals surface area contributed by atoms with Crippen LogP contribution in [0.5, 0.6) is 0 Å². The van der Waals surface area contributed by atoms with Crippen LogP contribution in [-0.4, -0.2) is 35.3 Å². The molecular weight excluding hydrogens is 346 g/mol. The Labute approximate surface area is 166 Å². The standard InChI is InChI=1S/C25H27NO2/c1-18-11-12-20-9-5-6-10-23(20)24(18)25(27)13-21-16-28-17-22(14-25)26(21)15-19-7-3-2-4-8-19/h2-12,21-22,27H,13-17H2,1H3. The molecule has 1 N–H and O–H groups in total. The van der Waals surface area contributed by atoms with Crippen LogP contribution < -0.4 is 0 Å². The Morgan fingerprint density at radius 2 is 1.61 bits per heavy atom. The number of morpholine rings is 1. The molecule has 0 aliphatic carbocycles. The quantitative estimate of drug-likeness (QED) is 0.739. The average molecular weight is 373 g/mol. The highest BCUT2D eigenvalue weighted by Crippen LogP contribution is 2.44. The van der Waals surface area contributed by atoms with Gasteiger partial charge in [0.05, 0.1) is 18.8 Å². The lowest BCUT2D eigenvalue weighted by Gasteiger charge is -2.52. The van der Waals surface area contributed by atoms with Gasteiger partial charge in [0, 0.05) is 18.6 Å². The van der Waals surface area contributed by atoms with E-state index in [1.165, 1.54) is 21.9 Å². The number of piperidine rings is 1. The van der Waals surface area contributed by atoms with Crippen molar-refractivity contribution in [2.45, 2.75) is 44.0 Å². The number of benzene rings is 3. The van der Waals surface area contributed by atoms with Crippen LogP contribution in [0.3, 0.4) is 0 Å². The van der Waals surface area contributed by atoms with E-state index in [4.69, 9.17) is 4.74 Å². The molecule has 2 bridgehead atoms. The number of hydrogen-bond donors (Lipinski definition) is 1. The van der Waals surface area contributed by atoms with Crippen LogP contribution >= 0.6 is 0 Å². The minimum Gasteiger partial charge on any atom is -0.385 e. The zero-order valence-electron chi connectivity index (χ0n) is 16.3. The van der Waals surface area contributed by atoms with Crippen molar-refractivity contribution in [2.24, 2.45) is 0 Å². The van der Waals surface area contributed by atoms with Crippen LogP contribution in [0.15, 0.2) is 66.7 Å². The van der Waals surface area contributed by atoms with Gasteiger partial charge in [0.2, 0.25) is 0 Å². The fourth-order valence-corrected chi connectivity index (χ4v) is 5.30. The molecule has 28 heavy (non-hydrogen) atoms. The Bertz CT molecular complexity index is 970. The number of ether oxygens (including phenoxy) is 1. The lowest BCUT2D eigenvalue weighted by molar-refractivity contribution is -0.149. The molecule has 2 heterocycles. The fraction of sp³-hybridized carbons (Fsp3) is 0.360. The Hall–Kier alpha value is -2.20. The molecule has 2 aliphatic rings. The number of aryl methyl sites for hydroxylation is 1. The van der Waals surface area contributed by atoms with Crippen molar-refractivity contribution in [2.75, 3.05) is 13.2 Å². The monoisotopic (exact) mass is 373 g/mol. The van der Waals surface area contributed by atoms with Crippen molar-refractivity contribution < 1.29 is 9.84 Å². The molecule has 2 aliphatic heterocycles. The molecule has 144 valence electrons. The number of fused-ring (bicyclic) bond motifs is 3. The molecule has 0 aromatic heterocycles. The van der Waals surface area contributed by atoms with Gasteiger partial charge in [0.25, 0.3) is 0 Å². The molecule has 0 amide bonds. The van der Waals surface area contributed by atoms with Gasteiger partial charge in [-0.2, -0.15) is 0 Å². The summed E-state index contributed by atoms with van der Waals surface area (Å²) in [7, 11) is 0. The van der Waals surface area contributed by atoms with Crippen molar-refractivity contribution in [3.63, 3.8) is 0 Å². The molecule has 3 aromatic carbocycles. The third kappa shape index (κ3) is 3.04. The smallest absolute Gasteiger partial charge is 0.0936 e. The molecule has 2 unspecified atom stereocenters. The van der Waals surface area contributed by atoms with Crippen molar-refractivity contribution >= 4 is 10.8 Å². The average Bonchev–Trinajstić information content (AvgIpc) is 2.69. The van der Waals surface area contributed by atoms with Crippen molar-refractivity contribution in [3.05, 3.63) is 83.4 Å².